The molecular weight excluding hydrogens is 442 g/mol. The molecule has 36 heavy (non-hydrogen) atoms. The summed E-state index contributed by atoms with van der Waals surface area (Å²) in [6.45, 7) is 9.81. The van der Waals surface area contributed by atoms with Gasteiger partial charge in [0.15, 0.2) is 0 Å². The number of benzene rings is 4. The lowest BCUT2D eigenvalue weighted by atomic mass is 10.0. The third-order valence-corrected chi connectivity index (χ3v) is 6.16. The molecule has 0 saturated heterocycles. The van der Waals surface area contributed by atoms with E-state index in [1.165, 1.54) is 22.3 Å². The van der Waals surface area contributed by atoms with Gasteiger partial charge in [0.25, 0.3) is 0 Å². The molecule has 0 aliphatic heterocycles. The number of anilines is 3. The summed E-state index contributed by atoms with van der Waals surface area (Å²) in [5.74, 6) is -0.375. The van der Waals surface area contributed by atoms with Gasteiger partial charge in [-0.25, -0.2) is 4.79 Å². The van der Waals surface area contributed by atoms with Gasteiger partial charge in [0.2, 0.25) is 0 Å². The van der Waals surface area contributed by atoms with Crippen molar-refractivity contribution in [3.05, 3.63) is 126 Å². The van der Waals surface area contributed by atoms with Crippen LogP contribution in [0.4, 0.5) is 17.1 Å². The van der Waals surface area contributed by atoms with E-state index in [-0.39, 0.29) is 12.6 Å². The average molecular weight is 476 g/mol. The van der Waals surface area contributed by atoms with E-state index in [1.807, 2.05) is 12.1 Å². The molecule has 0 spiro atoms. The highest BCUT2D eigenvalue weighted by Crippen LogP contribution is 2.36. The fourth-order valence-electron chi connectivity index (χ4n) is 4.11. The van der Waals surface area contributed by atoms with Crippen LogP contribution in [-0.4, -0.2) is 5.97 Å². The Morgan fingerprint density at radius 2 is 1.17 bits per heavy atom. The number of esters is 1. The third-order valence-electron chi connectivity index (χ3n) is 6.16. The molecule has 0 radical (unpaired) electrons. The molecule has 0 bridgehead atoms. The van der Waals surface area contributed by atoms with Crippen LogP contribution in [0.2, 0.25) is 0 Å². The van der Waals surface area contributed by atoms with Crippen molar-refractivity contribution in [1.29, 1.82) is 0 Å². The summed E-state index contributed by atoms with van der Waals surface area (Å²) in [7, 11) is 0. The van der Waals surface area contributed by atoms with E-state index >= 15 is 0 Å². The van der Waals surface area contributed by atoms with Crippen molar-refractivity contribution in [2.45, 2.75) is 40.2 Å². The molecule has 0 aromatic heterocycles. The Morgan fingerprint density at radius 3 is 1.67 bits per heavy atom. The van der Waals surface area contributed by atoms with Gasteiger partial charge in [-0.3, -0.25) is 0 Å². The van der Waals surface area contributed by atoms with E-state index < -0.39 is 0 Å². The standard InChI is InChI=1S/C33H33NO2/c1-5-6-26-9-13-28(14-10-26)29-15-21-32(22-16-29)34(30-17-7-25(4)8-18-30)31-19-11-27(12-20-31)23-36-33(35)24(2)3/h7-22H,2,5-6,23H2,1,3-4H3. The van der Waals surface area contributed by atoms with Crippen molar-refractivity contribution in [1.82, 2.24) is 0 Å². The zero-order valence-corrected chi connectivity index (χ0v) is 21.3. The predicted molar refractivity (Wildman–Crippen MR) is 150 cm³/mol. The van der Waals surface area contributed by atoms with Gasteiger partial charge in [-0.15, -0.1) is 0 Å². The van der Waals surface area contributed by atoms with E-state index in [9.17, 15) is 4.79 Å². The third kappa shape index (κ3) is 6.11. The molecule has 0 fully saturated rings. The van der Waals surface area contributed by atoms with E-state index in [0.717, 1.165) is 35.5 Å². The minimum atomic E-state index is -0.375. The first-order valence-corrected chi connectivity index (χ1v) is 12.4. The molecule has 4 aromatic rings. The second-order valence-corrected chi connectivity index (χ2v) is 9.19. The topological polar surface area (TPSA) is 29.5 Å². The molecular formula is C33H33NO2. The Hall–Kier alpha value is -4.11. The van der Waals surface area contributed by atoms with Crippen LogP contribution < -0.4 is 4.90 Å². The molecule has 0 amide bonds. The van der Waals surface area contributed by atoms with Crippen molar-refractivity contribution >= 4 is 23.0 Å². The van der Waals surface area contributed by atoms with Crippen LogP contribution in [0.15, 0.2) is 109 Å². The van der Waals surface area contributed by atoms with Gasteiger partial charge in [0.1, 0.15) is 6.61 Å². The van der Waals surface area contributed by atoms with E-state index in [4.69, 9.17) is 4.74 Å². The number of rotatable bonds is 9. The smallest absolute Gasteiger partial charge is 0.333 e. The maximum absolute atomic E-state index is 11.7. The van der Waals surface area contributed by atoms with Crippen molar-refractivity contribution in [2.75, 3.05) is 4.90 Å². The average Bonchev–Trinajstić information content (AvgIpc) is 2.90. The molecule has 0 aliphatic rings. The number of nitrogens with zero attached hydrogens (tertiary/aromatic N) is 1. The number of ether oxygens (including phenoxy) is 1. The maximum Gasteiger partial charge on any atom is 0.333 e. The van der Waals surface area contributed by atoms with Crippen molar-refractivity contribution in [2.24, 2.45) is 0 Å². The first-order valence-electron chi connectivity index (χ1n) is 12.4. The van der Waals surface area contributed by atoms with Crippen LogP contribution in [0.3, 0.4) is 0 Å². The number of carbonyl (C=O) groups is 1. The van der Waals surface area contributed by atoms with Crippen LogP contribution in [0.1, 0.15) is 37.0 Å². The second kappa shape index (κ2) is 11.5. The minimum absolute atomic E-state index is 0.224. The van der Waals surface area contributed by atoms with Gasteiger partial charge in [-0.2, -0.15) is 0 Å². The molecule has 0 unspecified atom stereocenters. The molecule has 182 valence electrons. The lowest BCUT2D eigenvalue weighted by Crippen LogP contribution is -2.10. The van der Waals surface area contributed by atoms with E-state index in [2.05, 4.69) is 110 Å². The molecule has 3 heteroatoms. The van der Waals surface area contributed by atoms with Gasteiger partial charge in [0.05, 0.1) is 0 Å². The fraction of sp³-hybridized carbons (Fsp3) is 0.182. The van der Waals surface area contributed by atoms with Crippen LogP contribution in [-0.2, 0) is 22.6 Å². The number of carbonyl (C=O) groups excluding carboxylic acids is 1. The minimum Gasteiger partial charge on any atom is -0.457 e. The summed E-state index contributed by atoms with van der Waals surface area (Å²) in [4.78, 5) is 14.0. The summed E-state index contributed by atoms with van der Waals surface area (Å²) >= 11 is 0. The summed E-state index contributed by atoms with van der Waals surface area (Å²) < 4.78 is 5.30. The number of hydrogen-bond acceptors (Lipinski definition) is 3. The zero-order valence-electron chi connectivity index (χ0n) is 21.3. The monoisotopic (exact) mass is 475 g/mol. The Bertz CT molecular complexity index is 1300. The first kappa shape index (κ1) is 25.0. The maximum atomic E-state index is 11.7. The van der Waals surface area contributed by atoms with Crippen molar-refractivity contribution in [3.8, 4) is 11.1 Å². The molecule has 4 aromatic carbocycles. The van der Waals surface area contributed by atoms with Crippen LogP contribution in [0.5, 0.6) is 0 Å². The van der Waals surface area contributed by atoms with Gasteiger partial charge in [0, 0.05) is 22.6 Å². The summed E-state index contributed by atoms with van der Waals surface area (Å²) in [6, 6.07) is 34.2. The molecule has 0 aliphatic carbocycles. The fourth-order valence-corrected chi connectivity index (χ4v) is 4.11. The highest BCUT2D eigenvalue weighted by molar-refractivity contribution is 5.87. The Morgan fingerprint density at radius 1 is 0.722 bits per heavy atom. The highest BCUT2D eigenvalue weighted by Gasteiger charge is 2.13. The molecule has 3 nitrogen and oxygen atoms in total. The molecule has 4 rings (SSSR count). The quantitative estimate of drug-likeness (QED) is 0.179. The van der Waals surface area contributed by atoms with Gasteiger partial charge in [-0.1, -0.05) is 86.2 Å². The van der Waals surface area contributed by atoms with E-state index in [0.29, 0.717) is 5.57 Å². The second-order valence-electron chi connectivity index (χ2n) is 9.19. The Labute approximate surface area is 214 Å². The number of aryl methyl sites for hydroxylation is 2. The van der Waals surface area contributed by atoms with Gasteiger partial charge in [-0.05, 0) is 78.9 Å². The molecule has 0 atom stereocenters. The Balaban J connectivity index is 1.61. The lowest BCUT2D eigenvalue weighted by molar-refractivity contribution is -0.140. The van der Waals surface area contributed by atoms with Gasteiger partial charge < -0.3 is 9.64 Å². The highest BCUT2D eigenvalue weighted by atomic mass is 16.5. The summed E-state index contributed by atoms with van der Waals surface area (Å²) in [5.41, 5.74) is 9.53. The van der Waals surface area contributed by atoms with Crippen molar-refractivity contribution in [3.63, 3.8) is 0 Å². The van der Waals surface area contributed by atoms with Crippen molar-refractivity contribution < 1.29 is 9.53 Å². The lowest BCUT2D eigenvalue weighted by Gasteiger charge is -2.26. The van der Waals surface area contributed by atoms with Crippen LogP contribution in [0, 0.1) is 6.92 Å². The zero-order chi connectivity index (χ0) is 25.5. The summed E-state index contributed by atoms with van der Waals surface area (Å²) in [6.07, 6.45) is 2.27. The predicted octanol–water partition coefficient (Wildman–Crippen LogP) is 8.70. The van der Waals surface area contributed by atoms with Crippen LogP contribution in [0.25, 0.3) is 11.1 Å². The van der Waals surface area contributed by atoms with Crippen LogP contribution >= 0.6 is 0 Å². The molecule has 0 heterocycles. The normalized spacial score (nSPS) is 10.6. The Kier molecular flexibility index (Phi) is 8.02. The molecule has 0 N–H and O–H groups in total. The summed E-state index contributed by atoms with van der Waals surface area (Å²) in [5, 5.41) is 0. The first-order chi connectivity index (χ1) is 17.4. The van der Waals surface area contributed by atoms with E-state index in [1.54, 1.807) is 6.92 Å². The SMILES string of the molecule is C=C(C)C(=O)OCc1ccc(N(c2ccc(C)cc2)c2ccc(-c3ccc(CCC)cc3)cc2)cc1. The molecule has 0 saturated carbocycles. The largest absolute Gasteiger partial charge is 0.457 e. The van der Waals surface area contributed by atoms with Gasteiger partial charge >= 0.3 is 5.97 Å². The number of hydrogen-bond donors (Lipinski definition) is 0.